The molecule has 0 rings (SSSR count). The van der Waals surface area contributed by atoms with Crippen molar-refractivity contribution in [2.24, 2.45) is 0 Å². The van der Waals surface area contributed by atoms with Gasteiger partial charge in [-0.2, -0.15) is 9.59 Å². The summed E-state index contributed by atoms with van der Waals surface area (Å²) in [4.78, 5) is 16.2. The van der Waals surface area contributed by atoms with Gasteiger partial charge < -0.3 is 5.48 Å². The Hall–Kier alpha value is 0.976. The van der Waals surface area contributed by atoms with E-state index in [2.05, 4.69) is 0 Å². The van der Waals surface area contributed by atoms with E-state index < -0.39 is 0 Å². The summed E-state index contributed by atoms with van der Waals surface area (Å²) in [5.74, 6) is 0. The van der Waals surface area contributed by atoms with Gasteiger partial charge in [-0.25, -0.2) is 0 Å². The molecule has 4 heteroatoms. The number of carbonyl (C=O) groups excluding carboxylic acids is 2. The van der Waals surface area contributed by atoms with Gasteiger partial charge in [-0.05, 0) is 0 Å². The van der Waals surface area contributed by atoms with Gasteiger partial charge in [-0.1, -0.05) is 0 Å². The molecule has 0 aliphatic rings. The summed E-state index contributed by atoms with van der Waals surface area (Å²) in [6, 6.07) is 0. The molecular formula is CHKO3. The first-order valence-electron chi connectivity index (χ1n) is 0.408. The van der Waals surface area contributed by atoms with Gasteiger partial charge in [0.25, 0.3) is 0 Å². The van der Waals surface area contributed by atoms with Crippen LogP contribution in [0.15, 0.2) is 0 Å². The first-order chi connectivity index (χ1) is 1.41. The third kappa shape index (κ3) is 46.2. The van der Waals surface area contributed by atoms with Crippen LogP contribution in [0.3, 0.4) is 0 Å². The molecule has 0 saturated carbocycles. The Morgan fingerprint density at radius 1 is 1.20 bits per heavy atom. The Bertz CT molecular complexity index is 27.9. The van der Waals surface area contributed by atoms with Gasteiger partial charge in [0.2, 0.25) is 0 Å². The molecular weight excluding hydrogens is 99.1 g/mol. The van der Waals surface area contributed by atoms with E-state index in [0.29, 0.717) is 0 Å². The van der Waals surface area contributed by atoms with Crippen molar-refractivity contribution >= 4 is 6.15 Å². The summed E-state index contributed by atoms with van der Waals surface area (Å²) in [6.07, 6.45) is 0.250. The first-order valence-corrected chi connectivity index (χ1v) is 0.408. The molecule has 0 heterocycles. The summed E-state index contributed by atoms with van der Waals surface area (Å²) in [7, 11) is 0. The maximum Gasteiger partial charge on any atom is 1.00 e. The van der Waals surface area contributed by atoms with Crippen molar-refractivity contribution in [3.63, 3.8) is 0 Å². The zero-order valence-electron chi connectivity index (χ0n) is 2.76. The predicted octanol–water partition coefficient (Wildman–Crippen LogP) is -3.76. The molecule has 0 aromatic carbocycles. The Kier molecular flexibility index (Phi) is 67.3. The molecule has 0 saturated heterocycles. The summed E-state index contributed by atoms with van der Waals surface area (Å²) >= 11 is 0. The van der Waals surface area contributed by atoms with Crippen LogP contribution in [0.5, 0.6) is 0 Å². The largest absolute Gasteiger partial charge is 1.00 e. The maximum absolute atomic E-state index is 8.12. The molecule has 0 aliphatic carbocycles. The average molecular weight is 100 g/mol. The maximum atomic E-state index is 8.12. The quantitative estimate of drug-likeness (QED) is 0.294. The second kappa shape index (κ2) is 20.1. The average Bonchev–Trinajstić information content (AvgIpc) is 0.918. The van der Waals surface area contributed by atoms with Crippen molar-refractivity contribution in [3.05, 3.63) is 0 Å². The Morgan fingerprint density at radius 2 is 1.20 bits per heavy atom. The molecule has 1 N–H and O–H groups in total. The van der Waals surface area contributed by atoms with Crippen LogP contribution in [0.1, 0.15) is 0 Å². The molecule has 0 unspecified atom stereocenters. The van der Waals surface area contributed by atoms with E-state index in [1.165, 1.54) is 0 Å². The smallest absolute Gasteiger partial charge is 0.870 e. The van der Waals surface area contributed by atoms with E-state index >= 15 is 0 Å². The van der Waals surface area contributed by atoms with Gasteiger partial charge in [0.15, 0.2) is 0 Å². The molecule has 0 amide bonds. The minimum atomic E-state index is 0. The Balaban J connectivity index is -0.0000000200. The topological polar surface area (TPSA) is 64.1 Å². The van der Waals surface area contributed by atoms with E-state index in [0.717, 1.165) is 0 Å². The van der Waals surface area contributed by atoms with E-state index in [1.54, 1.807) is 0 Å². The standard InChI is InChI=1S/CO2.K.H2O/c2-1-3;;/h;;1H2/q;+1;/p-1. The fraction of sp³-hybridized carbons (Fsp3) is 0. The minimum absolute atomic E-state index is 0. The van der Waals surface area contributed by atoms with Gasteiger partial charge >= 0.3 is 57.5 Å². The molecule has 0 bridgehead atoms. The summed E-state index contributed by atoms with van der Waals surface area (Å²) in [5.41, 5.74) is 0. The Morgan fingerprint density at radius 3 is 1.20 bits per heavy atom. The van der Waals surface area contributed by atoms with Gasteiger partial charge in [-0.3, -0.25) is 0 Å². The molecule has 5 heavy (non-hydrogen) atoms. The second-order valence-corrected chi connectivity index (χ2v) is 0.0833. The molecule has 24 valence electrons. The zero-order chi connectivity index (χ0) is 2.71. The van der Waals surface area contributed by atoms with Crippen LogP contribution in [-0.4, -0.2) is 11.6 Å². The number of rotatable bonds is 0. The van der Waals surface area contributed by atoms with Crippen molar-refractivity contribution in [2.75, 3.05) is 0 Å². The van der Waals surface area contributed by atoms with E-state index in [1.807, 2.05) is 0 Å². The molecule has 0 aliphatic heterocycles. The fourth-order valence-electron chi connectivity index (χ4n) is 0. The van der Waals surface area contributed by atoms with Gasteiger partial charge in [0, 0.05) is 0 Å². The molecule has 0 atom stereocenters. The summed E-state index contributed by atoms with van der Waals surface area (Å²) < 4.78 is 0. The van der Waals surface area contributed by atoms with E-state index in [-0.39, 0.29) is 63.0 Å². The third-order valence-corrected chi connectivity index (χ3v) is 0. The predicted molar refractivity (Wildman–Crippen MR) is 6.94 cm³/mol. The van der Waals surface area contributed by atoms with Crippen molar-refractivity contribution in [3.8, 4) is 0 Å². The number of hydrogen-bond donors (Lipinski definition) is 0. The van der Waals surface area contributed by atoms with Crippen LogP contribution in [0.4, 0.5) is 0 Å². The molecule has 0 fully saturated rings. The van der Waals surface area contributed by atoms with Crippen molar-refractivity contribution in [2.45, 2.75) is 0 Å². The molecule has 0 spiro atoms. The van der Waals surface area contributed by atoms with Crippen LogP contribution >= 0.6 is 0 Å². The Labute approximate surface area is 71.5 Å². The summed E-state index contributed by atoms with van der Waals surface area (Å²) in [6.45, 7) is 0. The van der Waals surface area contributed by atoms with Crippen LogP contribution in [0.2, 0.25) is 0 Å². The van der Waals surface area contributed by atoms with Crippen LogP contribution in [0.25, 0.3) is 0 Å². The van der Waals surface area contributed by atoms with Gasteiger partial charge in [-0.15, -0.1) is 0 Å². The SMILES string of the molecule is O=C=O.[K+].[OH-]. The minimum Gasteiger partial charge on any atom is -0.870 e. The first kappa shape index (κ1) is 16.7. The molecule has 0 aromatic heterocycles. The van der Waals surface area contributed by atoms with Gasteiger partial charge in [0.05, 0.1) is 0 Å². The fourth-order valence-corrected chi connectivity index (χ4v) is 0. The van der Waals surface area contributed by atoms with Crippen molar-refractivity contribution < 1.29 is 66.4 Å². The van der Waals surface area contributed by atoms with Crippen LogP contribution in [-0.2, 0) is 9.59 Å². The summed E-state index contributed by atoms with van der Waals surface area (Å²) in [5, 5.41) is 0. The zero-order valence-corrected chi connectivity index (χ0v) is 5.89. The van der Waals surface area contributed by atoms with Crippen LogP contribution < -0.4 is 51.4 Å². The molecule has 0 aromatic rings. The molecule has 0 radical (unpaired) electrons. The van der Waals surface area contributed by atoms with Crippen molar-refractivity contribution in [1.82, 2.24) is 0 Å². The van der Waals surface area contributed by atoms with E-state index in [9.17, 15) is 0 Å². The third-order valence-electron chi connectivity index (χ3n) is 0. The van der Waals surface area contributed by atoms with Crippen molar-refractivity contribution in [1.29, 1.82) is 0 Å². The normalized spacial score (nSPS) is 1.60. The van der Waals surface area contributed by atoms with Crippen LogP contribution in [0, 0.1) is 0 Å². The monoisotopic (exact) mass is 100.0 g/mol. The number of hydrogen-bond acceptors (Lipinski definition) is 3. The molecule has 3 nitrogen and oxygen atoms in total. The van der Waals surface area contributed by atoms with E-state index in [4.69, 9.17) is 9.59 Å². The van der Waals surface area contributed by atoms with Gasteiger partial charge in [0.1, 0.15) is 0 Å². The second-order valence-electron chi connectivity index (χ2n) is 0.0833.